The van der Waals surface area contributed by atoms with E-state index in [-0.39, 0.29) is 0 Å². The van der Waals surface area contributed by atoms with Gasteiger partial charge in [-0.05, 0) is 58.9 Å². The summed E-state index contributed by atoms with van der Waals surface area (Å²) in [7, 11) is 0. The lowest BCUT2D eigenvalue weighted by atomic mass is 9.77. The van der Waals surface area contributed by atoms with Crippen molar-refractivity contribution in [1.29, 1.82) is 0 Å². The van der Waals surface area contributed by atoms with E-state index in [0.717, 1.165) is 24.0 Å². The zero-order valence-electron chi connectivity index (χ0n) is 11.6. The number of piperidine rings is 1. The Morgan fingerprint density at radius 1 is 1.15 bits per heavy atom. The lowest BCUT2D eigenvalue weighted by Crippen LogP contribution is -2.34. The molecule has 0 saturated carbocycles. The zero-order chi connectivity index (χ0) is 13.9. The Bertz CT molecular complexity index is 544. The molecule has 1 aromatic carbocycles. The molecule has 3 rings (SSSR count). The van der Waals surface area contributed by atoms with Crippen molar-refractivity contribution in [2.45, 2.75) is 25.2 Å². The van der Waals surface area contributed by atoms with Gasteiger partial charge in [0.25, 0.3) is 0 Å². The number of pyridine rings is 1. The van der Waals surface area contributed by atoms with Crippen LogP contribution in [-0.4, -0.2) is 18.1 Å². The highest BCUT2D eigenvalue weighted by Gasteiger charge is 2.28. The van der Waals surface area contributed by atoms with E-state index in [1.807, 2.05) is 12.4 Å². The van der Waals surface area contributed by atoms with Crippen molar-refractivity contribution in [3.8, 4) is 0 Å². The molecule has 0 amide bonds. The first-order valence-corrected chi connectivity index (χ1v) is 7.91. The van der Waals surface area contributed by atoms with E-state index >= 15 is 0 Å². The van der Waals surface area contributed by atoms with E-state index in [0.29, 0.717) is 11.8 Å². The Labute approximate surface area is 128 Å². The quantitative estimate of drug-likeness (QED) is 0.899. The van der Waals surface area contributed by atoms with Gasteiger partial charge in [-0.3, -0.25) is 4.98 Å². The van der Waals surface area contributed by atoms with E-state index < -0.39 is 0 Å². The summed E-state index contributed by atoms with van der Waals surface area (Å²) in [5, 5.41) is 3.54. The summed E-state index contributed by atoms with van der Waals surface area (Å²) in [6.07, 6.45) is 5.03. The van der Waals surface area contributed by atoms with Crippen molar-refractivity contribution in [1.82, 2.24) is 10.3 Å². The molecule has 2 nitrogen and oxygen atoms in total. The van der Waals surface area contributed by atoms with Crippen LogP contribution in [0.25, 0.3) is 0 Å². The molecule has 2 unspecified atom stereocenters. The molecule has 0 bridgehead atoms. The second-order valence-electron chi connectivity index (χ2n) is 5.56. The van der Waals surface area contributed by atoms with E-state index in [2.05, 4.69) is 63.5 Å². The number of nitrogens with one attached hydrogen (secondary N) is 1. The first-order valence-electron chi connectivity index (χ1n) is 7.12. The molecule has 3 heteroatoms. The third-order valence-electron chi connectivity index (χ3n) is 4.11. The van der Waals surface area contributed by atoms with Crippen LogP contribution in [0.2, 0.25) is 0 Å². The molecule has 20 heavy (non-hydrogen) atoms. The smallest absolute Gasteiger partial charge is 0.0410 e. The number of rotatable bonds is 2. The second kappa shape index (κ2) is 6.06. The minimum atomic E-state index is 0.528. The minimum Gasteiger partial charge on any atom is -0.316 e. The molecule has 1 aliphatic heterocycles. The molecule has 2 aromatic rings. The van der Waals surface area contributed by atoms with Gasteiger partial charge in [-0.25, -0.2) is 0 Å². The van der Waals surface area contributed by atoms with E-state index in [1.54, 1.807) is 0 Å². The predicted molar refractivity (Wildman–Crippen MR) is 86.1 cm³/mol. The Balaban J connectivity index is 1.95. The molecule has 0 aliphatic carbocycles. The van der Waals surface area contributed by atoms with Crippen LogP contribution >= 0.6 is 15.9 Å². The Morgan fingerprint density at radius 3 is 2.85 bits per heavy atom. The molecule has 1 N–H and O–H groups in total. The molecule has 2 heterocycles. The molecule has 104 valence electrons. The molecule has 0 radical (unpaired) electrons. The normalized spacial score (nSPS) is 22.7. The lowest BCUT2D eigenvalue weighted by molar-refractivity contribution is 0.403. The standard InChI is InChI=1S/C17H19BrN2/c1-12-3-2-4-13(7-12)17-11-19-6-5-16(17)14-8-15(18)10-20-9-14/h2-4,7-10,16-17,19H,5-6,11H2,1H3. The highest BCUT2D eigenvalue weighted by atomic mass is 79.9. The van der Waals surface area contributed by atoms with Gasteiger partial charge in [0.15, 0.2) is 0 Å². The molecular formula is C17H19BrN2. The number of hydrogen-bond acceptors (Lipinski definition) is 2. The van der Waals surface area contributed by atoms with Crippen LogP contribution in [-0.2, 0) is 0 Å². The SMILES string of the molecule is Cc1cccc(C2CNCCC2c2cncc(Br)c2)c1. The summed E-state index contributed by atoms with van der Waals surface area (Å²) in [6, 6.07) is 11.1. The average molecular weight is 331 g/mol. The summed E-state index contributed by atoms with van der Waals surface area (Å²) >= 11 is 3.54. The van der Waals surface area contributed by atoms with Crippen molar-refractivity contribution in [2.75, 3.05) is 13.1 Å². The first-order chi connectivity index (χ1) is 9.74. The number of nitrogens with zero attached hydrogens (tertiary/aromatic N) is 1. The molecule has 1 saturated heterocycles. The van der Waals surface area contributed by atoms with Crippen LogP contribution in [0.5, 0.6) is 0 Å². The van der Waals surface area contributed by atoms with Gasteiger partial charge < -0.3 is 5.32 Å². The second-order valence-corrected chi connectivity index (χ2v) is 6.47. The highest BCUT2D eigenvalue weighted by Crippen LogP contribution is 2.37. The van der Waals surface area contributed by atoms with Crippen molar-refractivity contribution in [2.24, 2.45) is 0 Å². The van der Waals surface area contributed by atoms with Gasteiger partial charge in [0.05, 0.1) is 0 Å². The molecule has 1 fully saturated rings. The molecule has 1 aliphatic rings. The van der Waals surface area contributed by atoms with Gasteiger partial charge in [-0.2, -0.15) is 0 Å². The number of hydrogen-bond donors (Lipinski definition) is 1. The highest BCUT2D eigenvalue weighted by molar-refractivity contribution is 9.10. The Kier molecular flexibility index (Phi) is 4.18. The van der Waals surface area contributed by atoms with Crippen molar-refractivity contribution in [3.63, 3.8) is 0 Å². The van der Waals surface area contributed by atoms with Gasteiger partial charge in [-0.15, -0.1) is 0 Å². The van der Waals surface area contributed by atoms with Gasteiger partial charge in [0.2, 0.25) is 0 Å². The summed E-state index contributed by atoms with van der Waals surface area (Å²) in [6.45, 7) is 4.29. The molecule has 2 atom stereocenters. The number of aromatic nitrogens is 1. The molecular weight excluding hydrogens is 312 g/mol. The van der Waals surface area contributed by atoms with Crippen LogP contribution in [0, 0.1) is 6.92 Å². The van der Waals surface area contributed by atoms with Crippen molar-refractivity contribution in [3.05, 3.63) is 63.9 Å². The fraction of sp³-hybridized carbons (Fsp3) is 0.353. The van der Waals surface area contributed by atoms with Crippen molar-refractivity contribution < 1.29 is 0 Å². The van der Waals surface area contributed by atoms with Gasteiger partial charge >= 0.3 is 0 Å². The number of aryl methyl sites for hydroxylation is 1. The van der Waals surface area contributed by atoms with Crippen LogP contribution in [0.4, 0.5) is 0 Å². The lowest BCUT2D eigenvalue weighted by Gasteiger charge is -2.33. The topological polar surface area (TPSA) is 24.9 Å². The van der Waals surface area contributed by atoms with E-state index in [1.165, 1.54) is 16.7 Å². The maximum Gasteiger partial charge on any atom is 0.0410 e. The average Bonchev–Trinajstić information content (AvgIpc) is 2.47. The summed E-state index contributed by atoms with van der Waals surface area (Å²) in [4.78, 5) is 4.34. The summed E-state index contributed by atoms with van der Waals surface area (Å²) in [5.74, 6) is 1.07. The van der Waals surface area contributed by atoms with Gasteiger partial charge in [-0.1, -0.05) is 29.8 Å². The van der Waals surface area contributed by atoms with E-state index in [9.17, 15) is 0 Å². The first kappa shape index (κ1) is 13.8. The van der Waals surface area contributed by atoms with Crippen molar-refractivity contribution >= 4 is 15.9 Å². The van der Waals surface area contributed by atoms with Crippen LogP contribution in [0.1, 0.15) is 34.9 Å². The molecule has 1 aromatic heterocycles. The van der Waals surface area contributed by atoms with Crippen LogP contribution in [0.3, 0.4) is 0 Å². The maximum atomic E-state index is 4.34. The monoisotopic (exact) mass is 330 g/mol. The van der Waals surface area contributed by atoms with Gasteiger partial charge in [0, 0.05) is 29.3 Å². The zero-order valence-corrected chi connectivity index (χ0v) is 13.2. The fourth-order valence-corrected chi connectivity index (χ4v) is 3.52. The van der Waals surface area contributed by atoms with E-state index in [4.69, 9.17) is 0 Å². The third-order valence-corrected chi connectivity index (χ3v) is 4.54. The van der Waals surface area contributed by atoms with Crippen LogP contribution in [0.15, 0.2) is 47.2 Å². The van der Waals surface area contributed by atoms with Crippen LogP contribution < -0.4 is 5.32 Å². The Morgan fingerprint density at radius 2 is 2.05 bits per heavy atom. The summed E-state index contributed by atoms with van der Waals surface area (Å²) < 4.78 is 1.07. The minimum absolute atomic E-state index is 0.528. The largest absolute Gasteiger partial charge is 0.316 e. The third kappa shape index (κ3) is 2.94. The summed E-state index contributed by atoms with van der Waals surface area (Å²) in [5.41, 5.74) is 4.11. The fourth-order valence-electron chi connectivity index (χ4n) is 3.14. The number of benzene rings is 1. The molecule has 0 spiro atoms. The Hall–Kier alpha value is -1.19. The number of halogens is 1. The maximum absolute atomic E-state index is 4.34. The van der Waals surface area contributed by atoms with Gasteiger partial charge in [0.1, 0.15) is 0 Å². The predicted octanol–water partition coefficient (Wildman–Crippen LogP) is 4.01.